The maximum atomic E-state index is 11.8. The number of ether oxygens (including phenoxy) is 1. The van der Waals surface area contributed by atoms with Crippen molar-refractivity contribution in [3.63, 3.8) is 0 Å². The van der Waals surface area contributed by atoms with Crippen LogP contribution < -0.4 is 0 Å². The van der Waals surface area contributed by atoms with Crippen molar-refractivity contribution in [2.75, 3.05) is 0 Å². The quantitative estimate of drug-likeness (QED) is 0.441. The summed E-state index contributed by atoms with van der Waals surface area (Å²) in [7, 11) is 0. The van der Waals surface area contributed by atoms with Crippen molar-refractivity contribution in [1.82, 2.24) is 0 Å². The molecule has 2 atom stereocenters. The molecule has 1 heterocycles. The van der Waals surface area contributed by atoms with E-state index in [0.29, 0.717) is 24.0 Å². The van der Waals surface area contributed by atoms with Crippen LogP contribution in [0.25, 0.3) is 0 Å². The monoisotopic (exact) mass is 330 g/mol. The molecule has 1 fully saturated rings. The number of rotatable bonds is 1. The van der Waals surface area contributed by atoms with Crippen LogP contribution in [0.15, 0.2) is 47.1 Å². The van der Waals surface area contributed by atoms with Gasteiger partial charge in [-0.3, -0.25) is 0 Å². The molecule has 2 rings (SSSR count). The lowest BCUT2D eigenvalue weighted by Gasteiger charge is -2.16. The lowest BCUT2D eigenvalue weighted by molar-refractivity contribution is -0.137. The molecule has 24 heavy (non-hydrogen) atoms. The Hall–Kier alpha value is -2.10. The summed E-state index contributed by atoms with van der Waals surface area (Å²) >= 11 is 0. The third-order valence-electron chi connectivity index (χ3n) is 4.76. The van der Waals surface area contributed by atoms with Gasteiger partial charge >= 0.3 is 11.9 Å². The lowest BCUT2D eigenvalue weighted by Crippen LogP contribution is -2.15. The zero-order chi connectivity index (χ0) is 17.7. The summed E-state index contributed by atoms with van der Waals surface area (Å²) < 4.78 is 5.46. The van der Waals surface area contributed by atoms with Crippen molar-refractivity contribution in [2.24, 2.45) is 5.92 Å². The molecule has 0 spiro atoms. The standard InChI is InChI=1S/C20H26O4/c1-13-6-4-8-16(19(21)22)9-5-7-14(2)12-18-17(11-10-13)15(3)20(23)24-18/h6,9,12,17-18H,3-5,7-8,10-11H2,1-2H3,(H,21,22)/b13-6-,14-12-,16-9+/t17-,18+/m0/s1. The van der Waals surface area contributed by atoms with E-state index >= 15 is 0 Å². The summed E-state index contributed by atoms with van der Waals surface area (Å²) in [5.74, 6) is -1.10. The van der Waals surface area contributed by atoms with Crippen molar-refractivity contribution in [2.45, 2.75) is 58.5 Å². The Bertz CT molecular complexity index is 622. The Morgan fingerprint density at radius 1 is 1.17 bits per heavy atom. The lowest BCUT2D eigenvalue weighted by atomic mass is 9.89. The first-order valence-corrected chi connectivity index (χ1v) is 8.53. The molecular formula is C20H26O4. The van der Waals surface area contributed by atoms with Crippen LogP contribution in [0.2, 0.25) is 0 Å². The van der Waals surface area contributed by atoms with Gasteiger partial charge in [0.15, 0.2) is 0 Å². The van der Waals surface area contributed by atoms with Crippen LogP contribution in [0, 0.1) is 5.92 Å². The maximum absolute atomic E-state index is 11.8. The minimum absolute atomic E-state index is 0.0314. The molecular weight excluding hydrogens is 304 g/mol. The highest BCUT2D eigenvalue weighted by molar-refractivity contribution is 5.91. The highest BCUT2D eigenvalue weighted by Crippen LogP contribution is 2.33. The average Bonchev–Trinajstić information content (AvgIpc) is 2.77. The zero-order valence-electron chi connectivity index (χ0n) is 14.5. The minimum atomic E-state index is -0.837. The molecule has 1 saturated heterocycles. The van der Waals surface area contributed by atoms with E-state index in [1.165, 1.54) is 5.57 Å². The molecule has 4 heteroatoms. The van der Waals surface area contributed by atoms with Gasteiger partial charge in [-0.05, 0) is 58.4 Å². The number of carboxylic acid groups (broad SMARTS) is 1. The molecule has 0 radical (unpaired) electrons. The molecule has 0 amide bonds. The van der Waals surface area contributed by atoms with E-state index in [1.54, 1.807) is 0 Å². The van der Waals surface area contributed by atoms with Crippen LogP contribution in [0.3, 0.4) is 0 Å². The average molecular weight is 330 g/mol. The molecule has 1 aliphatic carbocycles. The van der Waals surface area contributed by atoms with Crippen LogP contribution >= 0.6 is 0 Å². The minimum Gasteiger partial charge on any atom is -0.478 e. The number of allylic oxidation sites excluding steroid dienone is 4. The van der Waals surface area contributed by atoms with Gasteiger partial charge in [-0.2, -0.15) is 0 Å². The van der Waals surface area contributed by atoms with Gasteiger partial charge in [-0.1, -0.05) is 29.9 Å². The molecule has 130 valence electrons. The molecule has 0 aromatic rings. The Morgan fingerprint density at radius 2 is 1.88 bits per heavy atom. The fraction of sp³-hybridized carbons (Fsp3) is 0.500. The van der Waals surface area contributed by atoms with Gasteiger partial charge in [0.25, 0.3) is 0 Å². The van der Waals surface area contributed by atoms with Gasteiger partial charge in [0, 0.05) is 17.1 Å². The van der Waals surface area contributed by atoms with E-state index < -0.39 is 5.97 Å². The van der Waals surface area contributed by atoms with Crippen LogP contribution in [0.4, 0.5) is 0 Å². The Kier molecular flexibility index (Phi) is 6.18. The van der Waals surface area contributed by atoms with Gasteiger partial charge in [0.2, 0.25) is 0 Å². The second-order valence-corrected chi connectivity index (χ2v) is 6.72. The topological polar surface area (TPSA) is 63.6 Å². The SMILES string of the molecule is C=C1C(=O)O[C@@H]2/C=C(/C)CC/C=C(/C(=O)O)CC/C=C(/C)CC[C@@H]12. The molecule has 2 aliphatic rings. The third kappa shape index (κ3) is 4.70. The van der Waals surface area contributed by atoms with Crippen LogP contribution in [-0.4, -0.2) is 23.1 Å². The number of hydrogen-bond acceptors (Lipinski definition) is 3. The highest BCUT2D eigenvalue weighted by Gasteiger charge is 2.36. The molecule has 1 aliphatic heterocycles. The van der Waals surface area contributed by atoms with E-state index in [0.717, 1.165) is 31.3 Å². The van der Waals surface area contributed by atoms with Gasteiger partial charge in [0.1, 0.15) is 6.10 Å². The number of esters is 1. The molecule has 0 aromatic carbocycles. The Balaban J connectivity index is 2.23. The van der Waals surface area contributed by atoms with Crippen molar-refractivity contribution in [3.8, 4) is 0 Å². The summed E-state index contributed by atoms with van der Waals surface area (Å²) in [6.45, 7) is 7.95. The summed E-state index contributed by atoms with van der Waals surface area (Å²) in [6.07, 6.45) is 10.1. The molecule has 0 unspecified atom stereocenters. The van der Waals surface area contributed by atoms with Crippen LogP contribution in [-0.2, 0) is 14.3 Å². The van der Waals surface area contributed by atoms with E-state index in [4.69, 9.17) is 4.74 Å². The van der Waals surface area contributed by atoms with E-state index in [9.17, 15) is 14.7 Å². The van der Waals surface area contributed by atoms with Crippen molar-refractivity contribution in [3.05, 3.63) is 47.1 Å². The first-order valence-electron chi connectivity index (χ1n) is 8.53. The predicted octanol–water partition coefficient (Wildman–Crippen LogP) is 4.34. The van der Waals surface area contributed by atoms with Crippen LogP contribution in [0.5, 0.6) is 0 Å². The highest BCUT2D eigenvalue weighted by atomic mass is 16.5. The predicted molar refractivity (Wildman–Crippen MR) is 93.4 cm³/mol. The number of aliphatic carboxylic acids is 1. The van der Waals surface area contributed by atoms with Gasteiger partial charge in [-0.25, -0.2) is 9.59 Å². The maximum Gasteiger partial charge on any atom is 0.334 e. The molecule has 1 N–H and O–H groups in total. The van der Waals surface area contributed by atoms with Crippen molar-refractivity contribution < 1.29 is 19.4 Å². The van der Waals surface area contributed by atoms with Crippen LogP contribution in [0.1, 0.15) is 52.4 Å². The van der Waals surface area contributed by atoms with Gasteiger partial charge in [-0.15, -0.1) is 0 Å². The van der Waals surface area contributed by atoms with E-state index in [-0.39, 0.29) is 18.0 Å². The van der Waals surface area contributed by atoms with Crippen molar-refractivity contribution in [1.29, 1.82) is 0 Å². The zero-order valence-corrected chi connectivity index (χ0v) is 14.5. The second-order valence-electron chi connectivity index (χ2n) is 6.72. The number of fused-ring (bicyclic) bond motifs is 1. The molecule has 0 bridgehead atoms. The van der Waals surface area contributed by atoms with E-state index in [1.807, 2.05) is 26.0 Å². The van der Waals surface area contributed by atoms with E-state index in [2.05, 4.69) is 12.7 Å². The number of carboxylic acids is 1. The number of carbonyl (C=O) groups is 2. The first kappa shape index (κ1) is 18.2. The summed E-state index contributed by atoms with van der Waals surface area (Å²) in [5.41, 5.74) is 3.36. The fourth-order valence-electron chi connectivity index (χ4n) is 3.21. The fourth-order valence-corrected chi connectivity index (χ4v) is 3.21. The molecule has 0 saturated carbocycles. The first-order chi connectivity index (χ1) is 11.4. The molecule has 4 nitrogen and oxygen atoms in total. The summed E-state index contributed by atoms with van der Waals surface area (Å²) in [4.78, 5) is 23.2. The smallest absolute Gasteiger partial charge is 0.334 e. The van der Waals surface area contributed by atoms with Crippen molar-refractivity contribution >= 4 is 11.9 Å². The van der Waals surface area contributed by atoms with Gasteiger partial charge in [0.05, 0.1) is 0 Å². The number of hydrogen-bond donors (Lipinski definition) is 1. The third-order valence-corrected chi connectivity index (χ3v) is 4.76. The Labute approximate surface area is 143 Å². The summed E-state index contributed by atoms with van der Waals surface area (Å²) in [6, 6.07) is 0. The molecule has 0 aromatic heterocycles. The summed E-state index contributed by atoms with van der Waals surface area (Å²) in [5, 5.41) is 9.29. The normalized spacial score (nSPS) is 33.0. The number of carbonyl (C=O) groups excluding carboxylic acids is 1. The second kappa shape index (κ2) is 8.13. The Morgan fingerprint density at radius 3 is 2.58 bits per heavy atom. The largest absolute Gasteiger partial charge is 0.478 e. The van der Waals surface area contributed by atoms with Gasteiger partial charge < -0.3 is 9.84 Å².